The Morgan fingerprint density at radius 3 is 2.06 bits per heavy atom. The molecule has 5 aromatic rings. The number of oxime groups is 1. The summed E-state index contributed by atoms with van der Waals surface area (Å²) in [5, 5.41) is 12.9. The SMILES string of the molecule is [B]OC(=O)/C(=C\B1OCO1)O/N=C(\C(=O)N[C@@H]1C(=O)N2C(C(=O)OCc3ccc(OC)cc3)=C(C[N+]3(CCNC(=O)c4ccc(OCc5ccc(OC)cc5)c(OCc5ccc(OC)cc5)c4Cl)CCCC3)CS[C@H]12)c1csc(NC(=O)OC(C)(C)C)n1. The number of thioether (sulfide) groups is 1. The standard InChI is InChI=1S/C59H62B2ClN7O17S2/c1-59(2,3)84-58(75)66-57-64-43(33-88-57)47(67-86-45(55(73)85-60)27-61-82-34-83-61)52(71)65-48-53(72)68-49(56(74)81-31-37-13-19-41(78-6)20-14-37)38(32-87-54(48)68)28-69(24-7-8-25-69)26-23-63-51(70)42-21-22-44(79-29-35-9-15-39(76-4)16-10-35)50(46(42)62)80-30-36-11-17-40(77-5)18-12-36/h9-22,27,33,48,54H,7-8,23-26,28-32,34H2,1-6H3,(H2-,63,64,65,66,70,71,75)/p+1/b45-27+,67-47-/t48-,54-/m1/s1. The largest absolute Gasteiger partial charge is 0.538 e. The molecule has 0 unspecified atom stereocenters. The molecule has 2 atom stereocenters. The molecule has 4 aliphatic heterocycles. The van der Waals surface area contributed by atoms with Crippen LogP contribution in [-0.4, -0.2) is 155 Å². The number of anilines is 1. The van der Waals surface area contributed by atoms with Gasteiger partial charge in [-0.3, -0.25) is 24.6 Å². The van der Waals surface area contributed by atoms with Gasteiger partial charge in [-0.05, 0) is 92.0 Å². The second-order valence-electron chi connectivity index (χ2n) is 21.4. The second-order valence-corrected chi connectivity index (χ2v) is 23.7. The van der Waals surface area contributed by atoms with Crippen molar-refractivity contribution >= 4 is 96.5 Å². The first-order valence-electron chi connectivity index (χ1n) is 27.7. The summed E-state index contributed by atoms with van der Waals surface area (Å²) in [6, 6.07) is 23.7. The Bertz CT molecular complexity index is 3470. The number of methoxy groups -OCH3 is 3. The van der Waals surface area contributed by atoms with Crippen LogP contribution in [-0.2, 0) is 67.3 Å². The molecule has 24 nitrogen and oxygen atoms in total. The van der Waals surface area contributed by atoms with Crippen molar-refractivity contribution in [2.75, 3.05) is 71.9 Å². The molecule has 0 spiro atoms. The summed E-state index contributed by atoms with van der Waals surface area (Å²) >= 11 is 9.31. The number of carbonyl (C=O) groups excluding carboxylic acids is 6. The average Bonchev–Trinajstić information content (AvgIpc) is 2.37. The number of hydrogen-bond donors (Lipinski definition) is 3. The number of rotatable bonds is 26. The van der Waals surface area contributed by atoms with Crippen molar-refractivity contribution in [1.82, 2.24) is 20.5 Å². The normalized spacial score (nSPS) is 17.1. The molecular formula is C59H63B2ClN7O17S2+. The molecule has 0 saturated carbocycles. The predicted molar refractivity (Wildman–Crippen MR) is 325 cm³/mol. The monoisotopic (exact) mass is 1260 g/mol. The van der Waals surface area contributed by atoms with Crippen LogP contribution in [0.3, 0.4) is 0 Å². The van der Waals surface area contributed by atoms with Crippen LogP contribution in [0.4, 0.5) is 9.93 Å². The van der Waals surface area contributed by atoms with E-state index in [4.69, 9.17) is 67.0 Å². The lowest BCUT2D eigenvalue weighted by Gasteiger charge is -2.50. The van der Waals surface area contributed by atoms with Gasteiger partial charge in [-0.15, -0.1) is 23.1 Å². The number of β-lactam (4-membered cyclic amide) rings is 1. The molecule has 9 rings (SSSR count). The number of carbonyl (C=O) groups is 6. The number of hydrogen-bond acceptors (Lipinski definition) is 21. The third kappa shape index (κ3) is 16.1. The summed E-state index contributed by atoms with van der Waals surface area (Å²) < 4.78 is 55.0. The number of amides is 4. The third-order valence-corrected chi connectivity index (χ3v) is 16.7. The van der Waals surface area contributed by atoms with Crippen LogP contribution in [0.25, 0.3) is 0 Å². The Labute approximate surface area is 522 Å². The van der Waals surface area contributed by atoms with E-state index in [-0.39, 0.29) is 71.8 Å². The van der Waals surface area contributed by atoms with E-state index in [1.807, 2.05) is 48.5 Å². The number of esters is 1. The number of fused-ring (bicyclic) bond motifs is 1. The van der Waals surface area contributed by atoms with Gasteiger partial charge in [-0.1, -0.05) is 53.2 Å². The summed E-state index contributed by atoms with van der Waals surface area (Å²) in [4.78, 5) is 94.2. The average molecular weight is 1260 g/mol. The molecule has 29 heteroatoms. The molecular weight excluding hydrogens is 1200 g/mol. The van der Waals surface area contributed by atoms with Gasteiger partial charge in [0, 0.05) is 29.5 Å². The molecule has 0 aliphatic carbocycles. The number of likely N-dealkylation sites (tertiary alicyclic amines) is 1. The number of halogens is 1. The maximum absolute atomic E-state index is 14.6. The van der Waals surface area contributed by atoms with Crippen molar-refractivity contribution in [1.29, 1.82) is 0 Å². The number of benzene rings is 4. The first kappa shape index (κ1) is 64.2. The molecule has 2 radical (unpaired) electrons. The number of quaternary nitrogens is 1. The number of nitrogens with zero attached hydrogens (tertiary/aromatic N) is 4. The Balaban J connectivity index is 0.940. The van der Waals surface area contributed by atoms with Gasteiger partial charge in [0.15, 0.2) is 22.3 Å². The molecule has 5 heterocycles. The Morgan fingerprint density at radius 2 is 1.48 bits per heavy atom. The molecule has 0 bridgehead atoms. The first-order chi connectivity index (χ1) is 42.4. The van der Waals surface area contributed by atoms with E-state index in [0.717, 1.165) is 41.3 Å². The highest BCUT2D eigenvalue weighted by molar-refractivity contribution is 8.00. The maximum atomic E-state index is 14.6. The summed E-state index contributed by atoms with van der Waals surface area (Å²) in [5.41, 5.74) is 1.66. The van der Waals surface area contributed by atoms with Gasteiger partial charge in [0.2, 0.25) is 5.76 Å². The molecule has 3 fully saturated rings. The van der Waals surface area contributed by atoms with E-state index in [1.54, 1.807) is 71.4 Å². The Morgan fingerprint density at radius 1 is 0.864 bits per heavy atom. The van der Waals surface area contributed by atoms with Crippen LogP contribution in [0.15, 0.2) is 118 Å². The fourth-order valence-electron chi connectivity index (χ4n) is 9.73. The molecule has 1 aromatic heterocycles. The molecule has 4 aromatic carbocycles. The second kappa shape index (κ2) is 29.2. The number of thiazole rings is 1. The quantitative estimate of drug-likeness (QED) is 0.00733. The van der Waals surface area contributed by atoms with Crippen LogP contribution >= 0.6 is 34.7 Å². The molecule has 3 N–H and O–H groups in total. The summed E-state index contributed by atoms with van der Waals surface area (Å²) in [7, 11) is 8.85. The minimum atomic E-state index is -1.23. The lowest BCUT2D eigenvalue weighted by Crippen LogP contribution is -2.71. The number of nitrogens with one attached hydrogen (secondary N) is 3. The minimum Gasteiger partial charge on any atom is -0.538 e. The number of aromatic nitrogens is 1. The van der Waals surface area contributed by atoms with E-state index in [1.165, 1.54) is 29.2 Å². The van der Waals surface area contributed by atoms with Crippen molar-refractivity contribution in [2.45, 2.75) is 70.5 Å². The van der Waals surface area contributed by atoms with Gasteiger partial charge < -0.3 is 67.1 Å². The van der Waals surface area contributed by atoms with E-state index in [0.29, 0.717) is 64.8 Å². The highest BCUT2D eigenvalue weighted by atomic mass is 35.5. The topological polar surface area (TPSA) is 269 Å². The first-order valence-corrected chi connectivity index (χ1v) is 30.0. The lowest BCUT2D eigenvalue weighted by molar-refractivity contribution is -0.911. The van der Waals surface area contributed by atoms with Gasteiger partial charge in [0.1, 0.15) is 78.8 Å². The highest BCUT2D eigenvalue weighted by Crippen LogP contribution is 2.43. The maximum Gasteiger partial charge on any atom is 0.493 e. The fourth-order valence-corrected chi connectivity index (χ4v) is 12.0. The van der Waals surface area contributed by atoms with E-state index < -0.39 is 71.4 Å². The fraction of sp³-hybridized carbons (Fsp3) is 0.356. The van der Waals surface area contributed by atoms with Crippen molar-refractivity contribution in [3.63, 3.8) is 0 Å². The van der Waals surface area contributed by atoms with Crippen molar-refractivity contribution in [2.24, 2.45) is 5.16 Å². The van der Waals surface area contributed by atoms with Crippen LogP contribution < -0.4 is 39.6 Å². The van der Waals surface area contributed by atoms with Crippen molar-refractivity contribution in [3.8, 4) is 28.7 Å². The van der Waals surface area contributed by atoms with Crippen molar-refractivity contribution in [3.05, 3.63) is 146 Å². The van der Waals surface area contributed by atoms with Crippen LogP contribution in [0.5, 0.6) is 28.7 Å². The number of ether oxygens (including phenoxy) is 7. The van der Waals surface area contributed by atoms with Gasteiger partial charge in [-0.25, -0.2) is 19.4 Å². The van der Waals surface area contributed by atoms with Gasteiger partial charge in [0.25, 0.3) is 17.7 Å². The third-order valence-electron chi connectivity index (χ3n) is 14.2. The van der Waals surface area contributed by atoms with E-state index >= 15 is 0 Å². The zero-order valence-corrected chi connectivity index (χ0v) is 51.3. The molecule has 460 valence electrons. The minimum absolute atomic E-state index is 0.00635. The smallest absolute Gasteiger partial charge is 0.493 e. The van der Waals surface area contributed by atoms with Gasteiger partial charge >= 0.3 is 33.2 Å². The summed E-state index contributed by atoms with van der Waals surface area (Å²) in [5.74, 6) is -0.833. The van der Waals surface area contributed by atoms with Gasteiger partial charge in [-0.2, -0.15) is 0 Å². The highest BCUT2D eigenvalue weighted by Gasteiger charge is 2.56. The van der Waals surface area contributed by atoms with Crippen LogP contribution in [0.2, 0.25) is 5.02 Å². The molecule has 4 amide bonds. The predicted octanol–water partition coefficient (Wildman–Crippen LogP) is 7.03. The van der Waals surface area contributed by atoms with Crippen molar-refractivity contribution < 1.29 is 85.2 Å². The van der Waals surface area contributed by atoms with Gasteiger partial charge in [0.05, 0.1) is 58.1 Å². The lowest BCUT2D eigenvalue weighted by atomic mass is 9.87. The zero-order valence-electron chi connectivity index (χ0n) is 49.0. The Hall–Kier alpha value is -8.27. The molecule has 3 saturated heterocycles. The summed E-state index contributed by atoms with van der Waals surface area (Å²) in [6.07, 6.45) is 0.899. The van der Waals surface area contributed by atoms with E-state index in [9.17, 15) is 28.8 Å². The Kier molecular flexibility index (Phi) is 21.3. The zero-order chi connectivity index (χ0) is 62.5. The van der Waals surface area contributed by atoms with E-state index in [2.05, 4.69) is 30.7 Å². The van der Waals surface area contributed by atoms with Crippen LogP contribution in [0, 0.1) is 0 Å². The summed E-state index contributed by atoms with van der Waals surface area (Å²) in [6.45, 7) is 7.51. The molecule has 4 aliphatic rings. The molecule has 88 heavy (non-hydrogen) atoms. The van der Waals surface area contributed by atoms with Crippen LogP contribution in [0.1, 0.15) is 66.4 Å².